The lowest BCUT2D eigenvalue weighted by atomic mass is 9.79. The molecule has 3 aromatic rings. The van der Waals surface area contributed by atoms with Crippen molar-refractivity contribution in [1.82, 2.24) is 15.2 Å². The summed E-state index contributed by atoms with van der Waals surface area (Å²) in [7, 11) is 1.44. The molecule has 1 unspecified atom stereocenters. The van der Waals surface area contributed by atoms with Crippen molar-refractivity contribution in [3.05, 3.63) is 88.6 Å². The zero-order valence-electron chi connectivity index (χ0n) is 23.0. The molecule has 3 N–H and O–H groups in total. The second kappa shape index (κ2) is 11.3. The molecule has 4 amide bonds. The summed E-state index contributed by atoms with van der Waals surface area (Å²) in [6, 6.07) is 10.7. The van der Waals surface area contributed by atoms with Crippen LogP contribution < -0.4 is 16.0 Å². The van der Waals surface area contributed by atoms with Crippen LogP contribution in [0.3, 0.4) is 0 Å². The van der Waals surface area contributed by atoms with Gasteiger partial charge in [-0.25, -0.2) is 18.6 Å². The molecule has 1 aromatic heterocycles. The van der Waals surface area contributed by atoms with Crippen LogP contribution >= 0.6 is 0 Å². The number of carbonyl (C=O) groups excluding carboxylic acids is 4. The number of hydrogen-bond donors (Lipinski definition) is 3. The molecule has 10 nitrogen and oxygen atoms in total. The fourth-order valence-corrected chi connectivity index (χ4v) is 5.63. The number of rotatable bonds is 9. The fraction of sp³-hybridized carbons (Fsp3) is 0.300. The number of aldehydes is 1. The maximum Gasteiger partial charge on any atom is 0.319 e. The topological polar surface area (TPSA) is 130 Å². The van der Waals surface area contributed by atoms with Crippen molar-refractivity contribution in [2.24, 2.45) is 0 Å². The van der Waals surface area contributed by atoms with E-state index in [0.29, 0.717) is 36.7 Å². The Balaban J connectivity index is 1.37. The van der Waals surface area contributed by atoms with Crippen molar-refractivity contribution in [2.45, 2.75) is 30.7 Å². The highest BCUT2D eigenvalue weighted by Crippen LogP contribution is 2.47. The molecule has 1 aliphatic heterocycles. The third-order valence-electron chi connectivity index (χ3n) is 7.83. The van der Waals surface area contributed by atoms with Gasteiger partial charge in [-0.3, -0.25) is 14.5 Å². The second-order valence-electron chi connectivity index (χ2n) is 10.6. The van der Waals surface area contributed by atoms with Crippen LogP contribution in [0.2, 0.25) is 0 Å². The lowest BCUT2D eigenvalue weighted by Crippen LogP contribution is -2.55. The van der Waals surface area contributed by atoms with Gasteiger partial charge >= 0.3 is 6.03 Å². The number of urea groups is 1. The van der Waals surface area contributed by atoms with Crippen LogP contribution in [-0.2, 0) is 42.9 Å². The van der Waals surface area contributed by atoms with Gasteiger partial charge in [0.15, 0.2) is 0 Å². The van der Waals surface area contributed by atoms with Crippen LogP contribution in [0, 0.1) is 11.6 Å². The zero-order valence-corrected chi connectivity index (χ0v) is 23.0. The highest BCUT2D eigenvalue weighted by Gasteiger charge is 2.51. The quantitative estimate of drug-likeness (QED) is 0.265. The molecule has 0 fully saturated rings. The number of amides is 4. The monoisotopic (exact) mass is 577 g/mol. The number of benzene rings is 2. The molecule has 42 heavy (non-hydrogen) atoms. The van der Waals surface area contributed by atoms with Crippen LogP contribution in [0.5, 0.6) is 0 Å². The van der Waals surface area contributed by atoms with Gasteiger partial charge in [-0.2, -0.15) is 0 Å². The molecular weight excluding hydrogens is 548 g/mol. The predicted octanol–water partition coefficient (Wildman–Crippen LogP) is 3.06. The van der Waals surface area contributed by atoms with Crippen molar-refractivity contribution >= 4 is 35.6 Å². The molecule has 218 valence electrons. The Labute approximate surface area is 240 Å². The van der Waals surface area contributed by atoms with Crippen LogP contribution in [0.1, 0.15) is 29.2 Å². The first-order chi connectivity index (χ1) is 20.1. The molecule has 1 spiro atoms. The summed E-state index contributed by atoms with van der Waals surface area (Å²) in [4.78, 5) is 57.0. The highest BCUT2D eigenvalue weighted by atomic mass is 19.1. The number of methoxy groups -OCH3 is 1. The SMILES string of the molecule is COCCNC(=O)N(CC(=O)Nc1ccc2c(c1)C[C@@]1(C2)C(=O)Nc2ncccc21)C(C)(C=O)c1cc(F)cc(F)c1. The summed E-state index contributed by atoms with van der Waals surface area (Å²) >= 11 is 0. The van der Waals surface area contributed by atoms with E-state index in [-0.39, 0.29) is 24.6 Å². The van der Waals surface area contributed by atoms with E-state index in [1.54, 1.807) is 24.4 Å². The summed E-state index contributed by atoms with van der Waals surface area (Å²) in [5.41, 5.74) is 0.273. The maximum atomic E-state index is 14.1. The molecule has 5 rings (SSSR count). The largest absolute Gasteiger partial charge is 0.383 e. The molecule has 1 aliphatic carbocycles. The summed E-state index contributed by atoms with van der Waals surface area (Å²) in [5, 5.41) is 8.16. The summed E-state index contributed by atoms with van der Waals surface area (Å²) in [5.74, 6) is -2.11. The first-order valence-electron chi connectivity index (χ1n) is 13.3. The van der Waals surface area contributed by atoms with Crippen LogP contribution in [0.4, 0.5) is 25.1 Å². The molecule has 2 heterocycles. The summed E-state index contributed by atoms with van der Waals surface area (Å²) in [6.45, 7) is 0.909. The van der Waals surface area contributed by atoms with Gasteiger partial charge in [0.2, 0.25) is 11.8 Å². The van der Waals surface area contributed by atoms with Crippen molar-refractivity contribution in [3.63, 3.8) is 0 Å². The number of anilines is 2. The molecular formula is C30H29F2N5O5. The predicted molar refractivity (Wildman–Crippen MR) is 149 cm³/mol. The summed E-state index contributed by atoms with van der Waals surface area (Å²) < 4.78 is 33.1. The first-order valence-corrected chi connectivity index (χ1v) is 13.3. The van der Waals surface area contributed by atoms with Gasteiger partial charge in [-0.05, 0) is 66.8 Å². The number of aromatic nitrogens is 1. The Morgan fingerprint density at radius 3 is 2.60 bits per heavy atom. The molecule has 12 heteroatoms. The van der Waals surface area contributed by atoms with Gasteiger partial charge in [0.25, 0.3) is 0 Å². The minimum atomic E-state index is -1.89. The lowest BCUT2D eigenvalue weighted by molar-refractivity contribution is -0.122. The number of fused-ring (bicyclic) bond motifs is 3. The number of nitrogens with zero attached hydrogens (tertiary/aromatic N) is 2. The average Bonchev–Trinajstić information content (AvgIpc) is 3.47. The first kappa shape index (κ1) is 28.8. The maximum absolute atomic E-state index is 14.1. The van der Waals surface area contributed by atoms with Crippen LogP contribution in [-0.4, -0.2) is 60.8 Å². The van der Waals surface area contributed by atoms with E-state index in [2.05, 4.69) is 20.9 Å². The summed E-state index contributed by atoms with van der Waals surface area (Å²) in [6.07, 6.45) is 2.88. The van der Waals surface area contributed by atoms with Crippen LogP contribution in [0.15, 0.2) is 54.7 Å². The standard InChI is InChI=1S/C30H29F2N5O5/c1-29(17-38,20-11-21(31)13-22(32)12-20)37(28(41)34-8-9-42-2)16-25(39)35-23-6-5-18-14-30(15-19(18)10-23)24-4-3-7-33-26(24)36-27(30)40/h3-7,10-13,17H,8-9,14-16H2,1-2H3,(H,34,41)(H,35,39)(H,33,36,40)/t29?,30-/m1/s1. The molecule has 2 aliphatic rings. The van der Waals surface area contributed by atoms with E-state index in [1.807, 2.05) is 12.1 Å². The Kier molecular flexibility index (Phi) is 7.74. The van der Waals surface area contributed by atoms with Gasteiger partial charge in [0.05, 0.1) is 12.0 Å². The Bertz CT molecular complexity index is 1560. The smallest absolute Gasteiger partial charge is 0.319 e. The minimum Gasteiger partial charge on any atom is -0.383 e. The van der Waals surface area contributed by atoms with Crippen molar-refractivity contribution in [2.75, 3.05) is 37.4 Å². The Morgan fingerprint density at radius 1 is 1.14 bits per heavy atom. The van der Waals surface area contributed by atoms with E-state index in [1.165, 1.54) is 14.0 Å². The van der Waals surface area contributed by atoms with E-state index < -0.39 is 41.1 Å². The lowest BCUT2D eigenvalue weighted by Gasteiger charge is -2.37. The number of nitrogens with one attached hydrogen (secondary N) is 3. The van der Waals surface area contributed by atoms with Crippen LogP contribution in [0.25, 0.3) is 0 Å². The van der Waals surface area contributed by atoms with Gasteiger partial charge < -0.3 is 25.5 Å². The van der Waals surface area contributed by atoms with E-state index in [0.717, 1.165) is 33.7 Å². The normalized spacial score (nSPS) is 18.0. The average molecular weight is 578 g/mol. The van der Waals surface area contributed by atoms with Gasteiger partial charge in [0, 0.05) is 37.2 Å². The van der Waals surface area contributed by atoms with E-state index in [4.69, 9.17) is 4.74 Å². The fourth-order valence-electron chi connectivity index (χ4n) is 5.63. The molecule has 2 atom stereocenters. The number of ether oxygens (including phenoxy) is 1. The van der Waals surface area contributed by atoms with Crippen molar-refractivity contribution in [3.8, 4) is 0 Å². The van der Waals surface area contributed by atoms with Gasteiger partial charge in [-0.1, -0.05) is 12.1 Å². The molecule has 0 bridgehead atoms. The Morgan fingerprint density at radius 2 is 1.88 bits per heavy atom. The van der Waals surface area contributed by atoms with E-state index in [9.17, 15) is 28.0 Å². The highest BCUT2D eigenvalue weighted by molar-refractivity contribution is 6.06. The number of halogens is 2. The van der Waals surface area contributed by atoms with Crippen molar-refractivity contribution < 1.29 is 32.7 Å². The Hall–Kier alpha value is -4.71. The second-order valence-corrected chi connectivity index (χ2v) is 10.6. The number of carbonyl (C=O) groups is 4. The molecule has 0 saturated heterocycles. The van der Waals surface area contributed by atoms with Crippen molar-refractivity contribution in [1.29, 1.82) is 0 Å². The molecule has 0 radical (unpaired) electrons. The molecule has 2 aromatic carbocycles. The number of pyridine rings is 1. The third kappa shape index (κ3) is 5.20. The molecule has 0 saturated carbocycles. The number of hydrogen-bond acceptors (Lipinski definition) is 6. The van der Waals surface area contributed by atoms with E-state index >= 15 is 0 Å². The minimum absolute atomic E-state index is 0.0682. The van der Waals surface area contributed by atoms with Gasteiger partial charge in [0.1, 0.15) is 35.8 Å². The van der Waals surface area contributed by atoms with Gasteiger partial charge in [-0.15, -0.1) is 0 Å². The zero-order chi connectivity index (χ0) is 30.1. The third-order valence-corrected chi connectivity index (χ3v) is 7.83.